The molecule has 1 aliphatic rings. The zero-order valence-corrected chi connectivity index (χ0v) is 13.6. The monoisotopic (exact) mass is 286 g/mol. The molecule has 1 saturated carbocycles. The highest BCUT2D eigenvalue weighted by Crippen LogP contribution is 2.32. The van der Waals surface area contributed by atoms with Crippen LogP contribution in [0.25, 0.3) is 0 Å². The highest BCUT2D eigenvalue weighted by molar-refractivity contribution is 5.96. The van der Waals surface area contributed by atoms with E-state index in [1.807, 2.05) is 0 Å². The van der Waals surface area contributed by atoms with Gasteiger partial charge in [-0.25, -0.2) is 0 Å². The van der Waals surface area contributed by atoms with E-state index in [0.29, 0.717) is 12.2 Å². The summed E-state index contributed by atoms with van der Waals surface area (Å²) < 4.78 is 0. The summed E-state index contributed by atoms with van der Waals surface area (Å²) in [5.41, 5.74) is 2.35. The molecule has 0 spiro atoms. The molecule has 0 amide bonds. The minimum absolute atomic E-state index is 0.321. The van der Waals surface area contributed by atoms with E-state index in [-0.39, 0.29) is 0 Å². The van der Waals surface area contributed by atoms with E-state index in [1.54, 1.807) is 0 Å². The Morgan fingerprint density at radius 2 is 1.62 bits per heavy atom. The Kier molecular flexibility index (Phi) is 6.99. The molecule has 0 saturated heterocycles. The van der Waals surface area contributed by atoms with E-state index in [0.717, 1.165) is 17.9 Å². The van der Waals surface area contributed by atoms with Gasteiger partial charge in [0.1, 0.15) is 0 Å². The second kappa shape index (κ2) is 9.02. The molecule has 1 heteroatoms. The number of hydrogen-bond donors (Lipinski definition) is 0. The zero-order valence-electron chi connectivity index (χ0n) is 13.6. The van der Waals surface area contributed by atoms with E-state index >= 15 is 0 Å². The number of Topliss-reactive ketones (excluding diaryl/α,β-unsaturated/α-hetero) is 1. The van der Waals surface area contributed by atoms with E-state index in [4.69, 9.17) is 0 Å². The van der Waals surface area contributed by atoms with Gasteiger partial charge in [0.05, 0.1) is 0 Å². The van der Waals surface area contributed by atoms with Crippen LogP contribution in [-0.2, 0) is 0 Å². The van der Waals surface area contributed by atoms with E-state index in [1.165, 1.54) is 63.4 Å². The fourth-order valence-corrected chi connectivity index (χ4v) is 3.41. The average molecular weight is 286 g/mol. The largest absolute Gasteiger partial charge is 0.294 e. The van der Waals surface area contributed by atoms with E-state index in [9.17, 15) is 4.79 Å². The quantitative estimate of drug-likeness (QED) is 0.406. The van der Waals surface area contributed by atoms with Gasteiger partial charge in [-0.2, -0.15) is 0 Å². The maximum absolute atomic E-state index is 12.2. The molecule has 0 N–H and O–H groups in total. The molecular weight excluding hydrogens is 256 g/mol. The van der Waals surface area contributed by atoms with Crippen molar-refractivity contribution in [2.24, 2.45) is 0 Å². The first-order chi connectivity index (χ1) is 10.3. The lowest BCUT2D eigenvalue weighted by molar-refractivity contribution is 0.0979. The lowest BCUT2D eigenvalue weighted by atomic mass is 9.84. The molecule has 0 bridgehead atoms. The van der Waals surface area contributed by atoms with E-state index < -0.39 is 0 Å². The first-order valence-electron chi connectivity index (χ1n) is 8.94. The van der Waals surface area contributed by atoms with Gasteiger partial charge in [-0.1, -0.05) is 76.1 Å². The molecule has 0 heterocycles. The van der Waals surface area contributed by atoms with Crippen molar-refractivity contribution in [3.63, 3.8) is 0 Å². The van der Waals surface area contributed by atoms with Gasteiger partial charge in [-0.3, -0.25) is 4.79 Å². The highest BCUT2D eigenvalue weighted by atomic mass is 16.1. The van der Waals surface area contributed by atoms with Crippen LogP contribution >= 0.6 is 0 Å². The fraction of sp³-hybridized carbons (Fsp3) is 0.650. The predicted octanol–water partition coefficient (Wildman–Crippen LogP) is 6.28. The molecule has 2 rings (SSSR count). The molecule has 1 aromatic carbocycles. The summed E-state index contributed by atoms with van der Waals surface area (Å²) in [7, 11) is 0. The molecule has 1 fully saturated rings. The fourth-order valence-electron chi connectivity index (χ4n) is 3.41. The minimum Gasteiger partial charge on any atom is -0.294 e. The van der Waals surface area contributed by atoms with Gasteiger partial charge in [0.25, 0.3) is 0 Å². The topological polar surface area (TPSA) is 17.1 Å². The number of unbranched alkanes of at least 4 members (excludes halogenated alkanes) is 4. The number of hydrogen-bond acceptors (Lipinski definition) is 1. The Hall–Kier alpha value is -1.11. The Morgan fingerprint density at radius 3 is 2.29 bits per heavy atom. The van der Waals surface area contributed by atoms with Crippen LogP contribution in [0, 0.1) is 0 Å². The van der Waals surface area contributed by atoms with Crippen molar-refractivity contribution < 1.29 is 4.79 Å². The zero-order chi connectivity index (χ0) is 14.9. The number of ketones is 1. The summed E-state index contributed by atoms with van der Waals surface area (Å²) in [6.07, 6.45) is 13.5. The Morgan fingerprint density at radius 1 is 0.952 bits per heavy atom. The first-order valence-corrected chi connectivity index (χ1v) is 8.94. The second-order valence-electron chi connectivity index (χ2n) is 6.54. The van der Waals surface area contributed by atoms with Crippen LogP contribution in [-0.4, -0.2) is 5.78 Å². The number of carbonyl (C=O) groups excluding carboxylic acids is 1. The normalized spacial score (nSPS) is 16.0. The maximum Gasteiger partial charge on any atom is 0.162 e. The van der Waals surface area contributed by atoms with Gasteiger partial charge < -0.3 is 0 Å². The van der Waals surface area contributed by atoms with Crippen molar-refractivity contribution in [1.29, 1.82) is 0 Å². The SMILES string of the molecule is CCCCCCCC(=O)c1ccc(C2CCCCC2)cc1. The van der Waals surface area contributed by atoms with Crippen molar-refractivity contribution in [2.45, 2.75) is 83.5 Å². The highest BCUT2D eigenvalue weighted by Gasteiger charge is 2.15. The second-order valence-corrected chi connectivity index (χ2v) is 6.54. The average Bonchev–Trinajstić information content (AvgIpc) is 2.55. The summed E-state index contributed by atoms with van der Waals surface area (Å²) in [6.45, 7) is 2.22. The van der Waals surface area contributed by atoms with Gasteiger partial charge >= 0.3 is 0 Å². The molecule has 0 unspecified atom stereocenters. The van der Waals surface area contributed by atoms with Crippen molar-refractivity contribution in [3.05, 3.63) is 35.4 Å². The van der Waals surface area contributed by atoms with Crippen LogP contribution in [0.3, 0.4) is 0 Å². The number of rotatable bonds is 8. The summed E-state index contributed by atoms with van der Waals surface area (Å²) in [5, 5.41) is 0. The Bertz CT molecular complexity index is 412. The van der Waals surface area contributed by atoms with Crippen LogP contribution in [0.15, 0.2) is 24.3 Å². The van der Waals surface area contributed by atoms with Gasteiger partial charge in [0, 0.05) is 12.0 Å². The third-order valence-corrected chi connectivity index (χ3v) is 4.82. The smallest absolute Gasteiger partial charge is 0.162 e. The van der Waals surface area contributed by atoms with Crippen LogP contribution in [0.2, 0.25) is 0 Å². The maximum atomic E-state index is 12.2. The third-order valence-electron chi connectivity index (χ3n) is 4.82. The third kappa shape index (κ3) is 5.30. The molecule has 0 radical (unpaired) electrons. The van der Waals surface area contributed by atoms with Gasteiger partial charge in [-0.05, 0) is 30.7 Å². The Balaban J connectivity index is 1.79. The summed E-state index contributed by atoms with van der Waals surface area (Å²) in [4.78, 5) is 12.2. The lowest BCUT2D eigenvalue weighted by Crippen LogP contribution is -2.05. The summed E-state index contributed by atoms with van der Waals surface area (Å²) in [5.74, 6) is 1.05. The summed E-state index contributed by atoms with van der Waals surface area (Å²) in [6, 6.07) is 8.50. The van der Waals surface area contributed by atoms with Crippen molar-refractivity contribution >= 4 is 5.78 Å². The molecule has 0 atom stereocenters. The van der Waals surface area contributed by atoms with Gasteiger partial charge in [0.15, 0.2) is 5.78 Å². The van der Waals surface area contributed by atoms with Crippen LogP contribution in [0.1, 0.15) is 99.4 Å². The summed E-state index contributed by atoms with van der Waals surface area (Å²) >= 11 is 0. The standard InChI is InChI=1S/C20H30O/c1-2-3-4-5-9-12-20(21)19-15-13-18(14-16-19)17-10-7-6-8-11-17/h13-17H,2-12H2,1H3. The van der Waals surface area contributed by atoms with Crippen LogP contribution in [0.5, 0.6) is 0 Å². The van der Waals surface area contributed by atoms with Crippen LogP contribution in [0.4, 0.5) is 0 Å². The van der Waals surface area contributed by atoms with Crippen molar-refractivity contribution in [1.82, 2.24) is 0 Å². The van der Waals surface area contributed by atoms with Crippen molar-refractivity contribution in [3.8, 4) is 0 Å². The van der Waals surface area contributed by atoms with Gasteiger partial charge in [0.2, 0.25) is 0 Å². The molecular formula is C20H30O. The molecule has 0 aromatic heterocycles. The molecule has 1 aromatic rings. The molecule has 1 nitrogen and oxygen atoms in total. The first kappa shape index (κ1) is 16.3. The molecule has 0 aliphatic heterocycles. The van der Waals surface area contributed by atoms with Gasteiger partial charge in [-0.15, -0.1) is 0 Å². The predicted molar refractivity (Wildman–Crippen MR) is 90.0 cm³/mol. The van der Waals surface area contributed by atoms with E-state index in [2.05, 4.69) is 31.2 Å². The van der Waals surface area contributed by atoms with Crippen molar-refractivity contribution in [2.75, 3.05) is 0 Å². The Labute approximate surface area is 130 Å². The molecule has 21 heavy (non-hydrogen) atoms. The number of carbonyl (C=O) groups is 1. The molecule has 1 aliphatic carbocycles. The lowest BCUT2D eigenvalue weighted by Gasteiger charge is -2.22. The van der Waals surface area contributed by atoms with Crippen LogP contribution < -0.4 is 0 Å². The minimum atomic E-state index is 0.321. The number of benzene rings is 1. The molecule has 116 valence electrons.